The highest BCUT2D eigenvalue weighted by atomic mass is 28.4. The molecule has 8 heteroatoms. The zero-order valence-corrected chi connectivity index (χ0v) is 17.8. The summed E-state index contributed by atoms with van der Waals surface area (Å²) in [6.45, 7) is 14.1. The molecule has 0 radical (unpaired) electrons. The first-order valence-corrected chi connectivity index (χ1v) is 16.2. The van der Waals surface area contributed by atoms with E-state index >= 15 is 0 Å². The predicted octanol–water partition coefficient (Wildman–Crippen LogP) is 1.79. The van der Waals surface area contributed by atoms with Gasteiger partial charge in [0, 0.05) is 0 Å². The van der Waals surface area contributed by atoms with Crippen LogP contribution in [0.25, 0.3) is 0 Å². The molecule has 0 aliphatic rings. The number of hydrogen-bond donors (Lipinski definition) is 3. The van der Waals surface area contributed by atoms with E-state index in [4.69, 9.17) is 13.3 Å². The zero-order chi connectivity index (χ0) is 16.9. The van der Waals surface area contributed by atoms with Gasteiger partial charge in [-0.05, 0) is 65.1 Å². The molecule has 2 atom stereocenters. The van der Waals surface area contributed by atoms with Crippen molar-refractivity contribution in [2.75, 3.05) is 6.61 Å². The molecule has 0 amide bonds. The maximum atomic E-state index is 10.1. The molecule has 0 aromatic heterocycles. The third-order valence-corrected chi connectivity index (χ3v) is 11.6. The normalized spacial score (nSPS) is 17.9. The molecule has 0 aromatic rings. The van der Waals surface area contributed by atoms with E-state index < -0.39 is 44.2 Å². The first-order chi connectivity index (χ1) is 9.27. The largest absolute Gasteiger partial charge is 0.439 e. The van der Waals surface area contributed by atoms with E-state index in [1.165, 1.54) is 0 Å². The first-order valence-electron chi connectivity index (χ1n) is 7.64. The van der Waals surface area contributed by atoms with Gasteiger partial charge in [0.2, 0.25) is 0 Å². The Morgan fingerprint density at radius 1 is 1.05 bits per heavy atom. The Labute approximate surface area is 133 Å². The summed E-state index contributed by atoms with van der Waals surface area (Å²) in [7, 11) is -5.02. The summed E-state index contributed by atoms with van der Waals surface area (Å²) >= 11 is 0. The van der Waals surface area contributed by atoms with Crippen LogP contribution in [0.4, 0.5) is 0 Å². The molecule has 0 fully saturated rings. The quantitative estimate of drug-likeness (QED) is 0.521. The SMILES string of the molecule is CC(O)(CCC[SiH](O[Si](C)(C)C)O[Si](C)(C)C)C(O)CO. The lowest BCUT2D eigenvalue weighted by Gasteiger charge is -2.32. The van der Waals surface area contributed by atoms with Crippen molar-refractivity contribution in [3.8, 4) is 0 Å². The van der Waals surface area contributed by atoms with Crippen molar-refractivity contribution in [2.45, 2.75) is 76.8 Å². The molecule has 0 spiro atoms. The van der Waals surface area contributed by atoms with Crippen LogP contribution in [-0.2, 0) is 8.23 Å². The fraction of sp³-hybridized carbons (Fsp3) is 1.00. The molecule has 0 aromatic carbocycles. The van der Waals surface area contributed by atoms with Crippen LogP contribution in [0.2, 0.25) is 45.3 Å². The Morgan fingerprint density at radius 2 is 1.48 bits per heavy atom. The van der Waals surface area contributed by atoms with Crippen molar-refractivity contribution in [3.63, 3.8) is 0 Å². The molecule has 0 rings (SSSR count). The van der Waals surface area contributed by atoms with Gasteiger partial charge in [-0.25, -0.2) is 0 Å². The fourth-order valence-electron chi connectivity index (χ4n) is 1.92. The second-order valence-electron chi connectivity index (χ2n) is 7.84. The van der Waals surface area contributed by atoms with Crippen LogP contribution in [0.15, 0.2) is 0 Å². The van der Waals surface area contributed by atoms with Crippen LogP contribution < -0.4 is 0 Å². The fourth-order valence-corrected chi connectivity index (χ4v) is 10.3. The van der Waals surface area contributed by atoms with E-state index in [2.05, 4.69) is 39.3 Å². The van der Waals surface area contributed by atoms with E-state index in [0.717, 1.165) is 12.5 Å². The van der Waals surface area contributed by atoms with Gasteiger partial charge in [-0.3, -0.25) is 0 Å². The number of aliphatic hydroxyl groups is 3. The Bertz CT molecular complexity index is 283. The zero-order valence-electron chi connectivity index (χ0n) is 14.6. The van der Waals surface area contributed by atoms with Crippen LogP contribution >= 0.6 is 0 Å². The molecule has 0 saturated heterocycles. The van der Waals surface area contributed by atoms with Crippen LogP contribution in [-0.4, -0.2) is 59.6 Å². The molecule has 0 aliphatic carbocycles. The van der Waals surface area contributed by atoms with Crippen molar-refractivity contribution < 1.29 is 23.5 Å². The molecule has 3 N–H and O–H groups in total. The van der Waals surface area contributed by atoms with E-state index in [1.54, 1.807) is 6.92 Å². The molecular formula is C13H34O5Si3. The minimum atomic E-state index is -1.75. The van der Waals surface area contributed by atoms with Gasteiger partial charge in [0.15, 0.2) is 16.6 Å². The number of hydrogen-bond acceptors (Lipinski definition) is 5. The highest BCUT2D eigenvalue weighted by Gasteiger charge is 2.32. The second kappa shape index (κ2) is 8.34. The van der Waals surface area contributed by atoms with Gasteiger partial charge < -0.3 is 23.5 Å². The second-order valence-corrected chi connectivity index (χ2v) is 19.6. The lowest BCUT2D eigenvalue weighted by atomic mass is 9.94. The third-order valence-electron chi connectivity index (χ3n) is 2.98. The third kappa shape index (κ3) is 10.7. The lowest BCUT2D eigenvalue weighted by Crippen LogP contribution is -2.44. The number of aliphatic hydroxyl groups excluding tert-OH is 2. The van der Waals surface area contributed by atoms with Crippen molar-refractivity contribution in [1.82, 2.24) is 0 Å². The van der Waals surface area contributed by atoms with E-state index in [9.17, 15) is 10.2 Å². The van der Waals surface area contributed by atoms with Gasteiger partial charge >= 0.3 is 9.28 Å². The average Bonchev–Trinajstić information content (AvgIpc) is 2.22. The molecular weight excluding hydrogens is 320 g/mol. The summed E-state index contributed by atoms with van der Waals surface area (Å²) in [6.07, 6.45) is 0.0616. The predicted molar refractivity (Wildman–Crippen MR) is 93.8 cm³/mol. The molecule has 0 saturated carbocycles. The van der Waals surface area contributed by atoms with E-state index in [0.29, 0.717) is 6.42 Å². The minimum absolute atomic E-state index is 0.426. The highest BCUT2D eigenvalue weighted by Crippen LogP contribution is 2.22. The Balaban J connectivity index is 4.49. The molecule has 5 nitrogen and oxygen atoms in total. The molecule has 0 aliphatic heterocycles. The average molecular weight is 355 g/mol. The Kier molecular flexibility index (Phi) is 8.52. The van der Waals surface area contributed by atoms with Crippen molar-refractivity contribution in [1.29, 1.82) is 0 Å². The highest BCUT2D eigenvalue weighted by molar-refractivity contribution is 6.81. The molecule has 128 valence electrons. The van der Waals surface area contributed by atoms with Crippen LogP contribution in [0.1, 0.15) is 19.8 Å². The first kappa shape index (κ1) is 21.5. The summed E-state index contributed by atoms with van der Waals surface area (Å²) in [5, 5.41) is 28.6. The molecule has 0 bridgehead atoms. The lowest BCUT2D eigenvalue weighted by molar-refractivity contribution is -0.0875. The van der Waals surface area contributed by atoms with Crippen molar-refractivity contribution in [3.05, 3.63) is 0 Å². The molecule has 2 unspecified atom stereocenters. The summed E-state index contributed by atoms with van der Waals surface area (Å²) < 4.78 is 12.4. The summed E-state index contributed by atoms with van der Waals surface area (Å²) in [5.41, 5.74) is -1.26. The van der Waals surface area contributed by atoms with Gasteiger partial charge in [-0.2, -0.15) is 0 Å². The smallest absolute Gasteiger partial charge is 0.300 e. The van der Waals surface area contributed by atoms with E-state index in [-0.39, 0.29) is 0 Å². The van der Waals surface area contributed by atoms with Crippen molar-refractivity contribution in [2.24, 2.45) is 0 Å². The monoisotopic (exact) mass is 354 g/mol. The van der Waals surface area contributed by atoms with Gasteiger partial charge in [-0.1, -0.05) is 0 Å². The maximum Gasteiger partial charge on any atom is 0.300 e. The topological polar surface area (TPSA) is 79.2 Å². The molecule has 21 heavy (non-hydrogen) atoms. The van der Waals surface area contributed by atoms with Gasteiger partial charge in [0.1, 0.15) is 6.10 Å². The summed E-state index contributed by atoms with van der Waals surface area (Å²) in [6, 6.07) is 0.822. The van der Waals surface area contributed by atoms with Crippen LogP contribution in [0, 0.1) is 0 Å². The van der Waals surface area contributed by atoms with Crippen LogP contribution in [0.5, 0.6) is 0 Å². The standard InChI is InChI=1S/C13H34O5Si3/c1-13(16,12(15)11-14)9-8-10-19(17-20(2,3)4)18-21(5,6)7/h12,14-16,19H,8-11H2,1-7H3. The number of rotatable bonds is 10. The van der Waals surface area contributed by atoms with Gasteiger partial charge in [0.05, 0.1) is 12.2 Å². The molecule has 0 heterocycles. The Morgan fingerprint density at radius 3 is 1.81 bits per heavy atom. The van der Waals surface area contributed by atoms with Gasteiger partial charge in [0.25, 0.3) is 0 Å². The summed E-state index contributed by atoms with van der Waals surface area (Å²) in [4.78, 5) is 0. The van der Waals surface area contributed by atoms with Crippen molar-refractivity contribution >= 4 is 25.9 Å². The minimum Gasteiger partial charge on any atom is -0.439 e. The summed E-state index contributed by atoms with van der Waals surface area (Å²) in [5.74, 6) is 0. The maximum absolute atomic E-state index is 10.1. The van der Waals surface area contributed by atoms with Crippen LogP contribution in [0.3, 0.4) is 0 Å². The van der Waals surface area contributed by atoms with Gasteiger partial charge in [-0.15, -0.1) is 0 Å². The Hall–Kier alpha value is 0.451. The van der Waals surface area contributed by atoms with E-state index in [1.807, 2.05) is 0 Å².